The Hall–Kier alpha value is -3.41. The van der Waals surface area contributed by atoms with Crippen LogP contribution >= 0.6 is 11.3 Å². The van der Waals surface area contributed by atoms with E-state index in [0.29, 0.717) is 10.4 Å². The van der Waals surface area contributed by atoms with Crippen molar-refractivity contribution in [3.05, 3.63) is 88.2 Å². The van der Waals surface area contributed by atoms with Gasteiger partial charge in [0, 0.05) is 29.7 Å². The van der Waals surface area contributed by atoms with Crippen molar-refractivity contribution in [1.82, 2.24) is 4.57 Å². The number of hydrogen-bond acceptors (Lipinski definition) is 4. The van der Waals surface area contributed by atoms with Crippen LogP contribution in [0.1, 0.15) is 21.6 Å². The lowest BCUT2D eigenvalue weighted by Crippen LogP contribution is -2.25. The molecule has 0 aliphatic carbocycles. The number of sulfone groups is 1. The van der Waals surface area contributed by atoms with Crippen molar-refractivity contribution in [2.24, 2.45) is 13.0 Å². The number of aryl methyl sites for hydroxylation is 2. The predicted molar refractivity (Wildman–Crippen MR) is 131 cm³/mol. The van der Waals surface area contributed by atoms with Gasteiger partial charge in [-0.1, -0.05) is 23.5 Å². The number of carboxylic acid groups (broad SMARTS) is 1. The molecule has 0 aliphatic heterocycles. The van der Waals surface area contributed by atoms with Gasteiger partial charge in [0.15, 0.2) is 9.84 Å². The summed E-state index contributed by atoms with van der Waals surface area (Å²) in [7, 11) is -1.95. The van der Waals surface area contributed by atoms with Crippen molar-refractivity contribution < 1.29 is 22.7 Å². The van der Waals surface area contributed by atoms with Crippen LogP contribution in [-0.2, 0) is 28.1 Å². The minimum absolute atomic E-state index is 0.0796. The van der Waals surface area contributed by atoms with Crippen LogP contribution in [0, 0.1) is 30.5 Å². The number of carbonyl (C=O) groups is 1. The summed E-state index contributed by atoms with van der Waals surface area (Å²) in [6.45, 7) is 1.96. The molecule has 2 aromatic carbocycles. The van der Waals surface area contributed by atoms with E-state index in [-0.39, 0.29) is 16.4 Å². The third-order valence-corrected chi connectivity index (χ3v) is 8.92. The molecule has 2 aromatic heterocycles. The smallest absolute Gasteiger partial charge is 0.307 e. The van der Waals surface area contributed by atoms with Gasteiger partial charge >= 0.3 is 5.97 Å². The molecule has 1 N–H and O–H groups in total. The second-order valence-corrected chi connectivity index (χ2v) is 11.5. The second kappa shape index (κ2) is 9.45. The number of fused-ring (bicyclic) bond motifs is 1. The van der Waals surface area contributed by atoms with Crippen molar-refractivity contribution in [2.75, 3.05) is 5.75 Å². The van der Waals surface area contributed by atoms with E-state index < -0.39 is 27.5 Å². The molecule has 0 amide bonds. The van der Waals surface area contributed by atoms with Gasteiger partial charge < -0.3 is 9.67 Å². The molecule has 1 atom stereocenters. The van der Waals surface area contributed by atoms with E-state index >= 15 is 0 Å². The molecule has 2 heterocycles. The van der Waals surface area contributed by atoms with Crippen LogP contribution in [0.15, 0.2) is 65.0 Å². The zero-order valence-corrected chi connectivity index (χ0v) is 20.2. The number of halogens is 1. The van der Waals surface area contributed by atoms with E-state index in [2.05, 4.69) is 11.8 Å². The topological polar surface area (TPSA) is 76.4 Å². The number of aromatic nitrogens is 1. The fourth-order valence-corrected chi connectivity index (χ4v) is 6.60. The average Bonchev–Trinajstić information content (AvgIpc) is 3.38. The highest BCUT2D eigenvalue weighted by Crippen LogP contribution is 2.28. The molecule has 0 saturated heterocycles. The number of rotatable bonds is 6. The summed E-state index contributed by atoms with van der Waals surface area (Å²) in [5, 5.41) is 10.7. The Morgan fingerprint density at radius 1 is 1.12 bits per heavy atom. The lowest BCUT2D eigenvalue weighted by atomic mass is 10.00. The van der Waals surface area contributed by atoms with E-state index in [0.717, 1.165) is 33.4 Å². The van der Waals surface area contributed by atoms with Gasteiger partial charge in [-0.15, -0.1) is 11.3 Å². The molecular formula is C26H22FNO4S2. The molecule has 0 radical (unpaired) electrons. The van der Waals surface area contributed by atoms with Crippen molar-refractivity contribution in [3.63, 3.8) is 0 Å². The van der Waals surface area contributed by atoms with Gasteiger partial charge in [-0.3, -0.25) is 4.79 Å². The normalized spacial score (nSPS) is 12.3. The van der Waals surface area contributed by atoms with Crippen LogP contribution in [0.5, 0.6) is 0 Å². The Bertz CT molecular complexity index is 1540. The standard InChI is InChI=1S/C26H22FNO4S2/c1-17-3-11-24-23(13-17)19(15-28(24)2)14-20(26(29)30)16-34(31,32)25-12-10-22(33-25)9-6-18-4-7-21(27)8-5-18/h3-5,7-8,10-13,15,20H,14,16H2,1-2H3,(H,29,30)/t20-/m0/s1. The Labute approximate surface area is 201 Å². The first-order valence-corrected chi connectivity index (χ1v) is 13.0. The number of hydrogen-bond donors (Lipinski definition) is 1. The summed E-state index contributed by atoms with van der Waals surface area (Å²) in [5.74, 6) is 2.64. The van der Waals surface area contributed by atoms with E-state index in [1.165, 1.54) is 18.2 Å². The molecule has 0 bridgehead atoms. The fraction of sp³-hybridized carbons (Fsp3) is 0.192. The number of thiophene rings is 1. The van der Waals surface area contributed by atoms with Gasteiger partial charge in [-0.05, 0) is 67.4 Å². The molecule has 8 heteroatoms. The molecular weight excluding hydrogens is 473 g/mol. The SMILES string of the molecule is Cc1ccc2c(c1)c(C[C@@H](CS(=O)(=O)c1ccc(C#Cc3ccc(F)cc3)s1)C(=O)O)cn2C. The Morgan fingerprint density at radius 3 is 2.56 bits per heavy atom. The maximum Gasteiger partial charge on any atom is 0.307 e. The minimum Gasteiger partial charge on any atom is -0.481 e. The van der Waals surface area contributed by atoms with Crippen LogP contribution in [0.2, 0.25) is 0 Å². The first-order chi connectivity index (χ1) is 16.1. The van der Waals surface area contributed by atoms with Gasteiger partial charge in [0.05, 0.1) is 16.5 Å². The zero-order valence-electron chi connectivity index (χ0n) is 18.6. The maximum atomic E-state index is 13.0. The Kier molecular flexibility index (Phi) is 6.60. The Balaban J connectivity index is 1.55. The number of benzene rings is 2. The molecule has 4 rings (SSSR count). The monoisotopic (exact) mass is 495 g/mol. The van der Waals surface area contributed by atoms with Crippen molar-refractivity contribution in [1.29, 1.82) is 0 Å². The summed E-state index contributed by atoms with van der Waals surface area (Å²) in [6.07, 6.45) is 1.97. The highest BCUT2D eigenvalue weighted by Gasteiger charge is 2.29. The lowest BCUT2D eigenvalue weighted by Gasteiger charge is -2.12. The largest absolute Gasteiger partial charge is 0.481 e. The number of carboxylic acids is 1. The second-order valence-electron chi connectivity index (χ2n) is 8.18. The first-order valence-electron chi connectivity index (χ1n) is 10.5. The van der Waals surface area contributed by atoms with E-state index in [1.807, 2.05) is 42.9 Å². The van der Waals surface area contributed by atoms with Crippen LogP contribution in [-0.4, -0.2) is 29.8 Å². The fourth-order valence-electron chi connectivity index (χ4n) is 3.80. The number of nitrogens with zero attached hydrogens (tertiary/aromatic N) is 1. The van der Waals surface area contributed by atoms with Crippen LogP contribution < -0.4 is 0 Å². The molecule has 0 saturated carbocycles. The summed E-state index contributed by atoms with van der Waals surface area (Å²) in [4.78, 5) is 12.5. The zero-order chi connectivity index (χ0) is 24.5. The first kappa shape index (κ1) is 23.7. The van der Waals surface area contributed by atoms with E-state index in [9.17, 15) is 22.7 Å². The third-order valence-electron chi connectivity index (χ3n) is 5.53. The van der Waals surface area contributed by atoms with Gasteiger partial charge in [0.25, 0.3) is 0 Å². The van der Waals surface area contributed by atoms with E-state index in [4.69, 9.17) is 0 Å². The van der Waals surface area contributed by atoms with Crippen molar-refractivity contribution in [2.45, 2.75) is 17.6 Å². The van der Waals surface area contributed by atoms with Gasteiger partial charge in [0.1, 0.15) is 10.0 Å². The molecule has 0 spiro atoms. The average molecular weight is 496 g/mol. The third kappa shape index (κ3) is 5.22. The summed E-state index contributed by atoms with van der Waals surface area (Å²) < 4.78 is 41.1. The molecule has 0 unspecified atom stereocenters. The van der Waals surface area contributed by atoms with Gasteiger partial charge in [-0.25, -0.2) is 12.8 Å². The van der Waals surface area contributed by atoms with Gasteiger partial charge in [-0.2, -0.15) is 0 Å². The summed E-state index contributed by atoms with van der Waals surface area (Å²) in [5.41, 5.74) is 3.43. The Morgan fingerprint density at radius 2 is 1.85 bits per heavy atom. The molecule has 0 aliphatic rings. The van der Waals surface area contributed by atoms with Crippen molar-refractivity contribution in [3.8, 4) is 11.8 Å². The maximum absolute atomic E-state index is 13.0. The minimum atomic E-state index is -3.83. The van der Waals surface area contributed by atoms with Crippen LogP contribution in [0.3, 0.4) is 0 Å². The predicted octanol–water partition coefficient (Wildman–Crippen LogP) is 4.80. The molecule has 0 fully saturated rings. The molecule has 4 aromatic rings. The van der Waals surface area contributed by atoms with Crippen LogP contribution in [0.25, 0.3) is 10.9 Å². The van der Waals surface area contributed by atoms with E-state index in [1.54, 1.807) is 18.2 Å². The molecule has 34 heavy (non-hydrogen) atoms. The van der Waals surface area contributed by atoms with Gasteiger partial charge in [0.2, 0.25) is 0 Å². The number of aliphatic carboxylic acids is 1. The highest BCUT2D eigenvalue weighted by atomic mass is 32.2. The highest BCUT2D eigenvalue weighted by molar-refractivity contribution is 7.93. The summed E-state index contributed by atoms with van der Waals surface area (Å²) >= 11 is 0.998. The van der Waals surface area contributed by atoms with Crippen molar-refractivity contribution >= 4 is 38.0 Å². The quantitative estimate of drug-likeness (QED) is 0.390. The summed E-state index contributed by atoms with van der Waals surface area (Å²) in [6, 6.07) is 14.7. The molecule has 174 valence electrons. The van der Waals surface area contributed by atoms with Crippen LogP contribution in [0.4, 0.5) is 4.39 Å². The lowest BCUT2D eigenvalue weighted by molar-refractivity contribution is -0.140. The molecule has 5 nitrogen and oxygen atoms in total.